The van der Waals surface area contributed by atoms with Gasteiger partial charge in [0.15, 0.2) is 0 Å². The number of esters is 3. The summed E-state index contributed by atoms with van der Waals surface area (Å²) in [4.78, 5) is 50.5. The Kier molecular flexibility index (Phi) is 10.1. The monoisotopic (exact) mass is 681 g/mol. The smallest absolute Gasteiger partial charge is 0.339 e. The molecule has 6 unspecified atom stereocenters. The van der Waals surface area contributed by atoms with Crippen LogP contribution in [-0.4, -0.2) is 64.3 Å². The molecule has 2 heterocycles. The first-order chi connectivity index (χ1) is 24.0. The van der Waals surface area contributed by atoms with Crippen molar-refractivity contribution in [3.05, 3.63) is 125 Å². The van der Waals surface area contributed by atoms with Crippen LogP contribution in [0.15, 0.2) is 108 Å². The van der Waals surface area contributed by atoms with Gasteiger partial charge in [-0.15, -0.1) is 0 Å². The molecule has 2 aliphatic carbocycles. The van der Waals surface area contributed by atoms with Gasteiger partial charge in [-0.3, -0.25) is 10.2 Å². The Morgan fingerprint density at radius 3 is 2.20 bits per heavy atom. The summed E-state index contributed by atoms with van der Waals surface area (Å²) in [5, 5.41) is 10.3. The molecular formula is C40H43NO9. The average molecular weight is 682 g/mol. The van der Waals surface area contributed by atoms with E-state index in [2.05, 4.69) is 4.98 Å². The molecule has 3 aliphatic rings. The van der Waals surface area contributed by atoms with E-state index in [9.17, 15) is 19.6 Å². The molecule has 0 saturated carbocycles. The summed E-state index contributed by atoms with van der Waals surface area (Å²) in [7, 11) is 0. The lowest BCUT2D eigenvalue weighted by molar-refractivity contribution is -0.303. The minimum Gasteiger partial charge on any atom is -0.461 e. The van der Waals surface area contributed by atoms with E-state index in [-0.39, 0.29) is 31.1 Å². The van der Waals surface area contributed by atoms with Crippen LogP contribution in [0.2, 0.25) is 0 Å². The molecule has 10 nitrogen and oxygen atoms in total. The highest BCUT2D eigenvalue weighted by atomic mass is 17.1. The highest BCUT2D eigenvalue weighted by Crippen LogP contribution is 2.57. The summed E-state index contributed by atoms with van der Waals surface area (Å²) >= 11 is 0. The molecule has 6 rings (SSSR count). The van der Waals surface area contributed by atoms with Gasteiger partial charge in [0.05, 0.1) is 33.8 Å². The van der Waals surface area contributed by atoms with Crippen molar-refractivity contribution in [1.82, 2.24) is 4.98 Å². The molecule has 0 spiro atoms. The number of pyridine rings is 1. The number of benzene rings is 2. The van der Waals surface area contributed by atoms with Crippen LogP contribution in [-0.2, 0) is 23.8 Å². The van der Waals surface area contributed by atoms with Gasteiger partial charge < -0.3 is 18.9 Å². The van der Waals surface area contributed by atoms with Gasteiger partial charge in [0, 0.05) is 24.7 Å². The molecule has 262 valence electrons. The zero-order valence-corrected chi connectivity index (χ0v) is 28.7. The molecule has 2 aromatic carbocycles. The maximum Gasteiger partial charge on any atom is 0.339 e. The Labute approximate surface area is 292 Å². The minimum atomic E-state index is -1.27. The zero-order valence-electron chi connectivity index (χ0n) is 28.7. The van der Waals surface area contributed by atoms with Crippen molar-refractivity contribution in [3.8, 4) is 0 Å². The van der Waals surface area contributed by atoms with Crippen molar-refractivity contribution < 1.29 is 43.5 Å². The molecule has 0 amide bonds. The molecule has 1 aromatic heterocycles. The molecule has 0 radical (unpaired) electrons. The highest BCUT2D eigenvalue weighted by molar-refractivity contribution is 5.90. The topological polar surface area (TPSA) is 134 Å². The van der Waals surface area contributed by atoms with Crippen molar-refractivity contribution in [2.75, 3.05) is 6.61 Å². The minimum absolute atomic E-state index is 0.102. The van der Waals surface area contributed by atoms with Crippen molar-refractivity contribution >= 4 is 17.9 Å². The fraction of sp³-hybridized carbons (Fsp3) is 0.400. The van der Waals surface area contributed by atoms with Crippen molar-refractivity contribution in [1.29, 1.82) is 0 Å². The third-order valence-corrected chi connectivity index (χ3v) is 10.3. The first-order valence-electron chi connectivity index (χ1n) is 16.9. The average Bonchev–Trinajstić information content (AvgIpc) is 3.60. The summed E-state index contributed by atoms with van der Waals surface area (Å²) in [6, 6.07) is 20.6. The molecule has 1 saturated heterocycles. The Morgan fingerprint density at radius 2 is 1.56 bits per heavy atom. The fourth-order valence-electron chi connectivity index (χ4n) is 7.41. The number of hydrogen-bond donors (Lipinski definition) is 1. The van der Waals surface area contributed by atoms with Crippen molar-refractivity contribution in [2.45, 2.75) is 82.9 Å². The number of carbonyl (C=O) groups excluding carboxylic acids is 3. The second-order valence-electron chi connectivity index (χ2n) is 14.2. The molecule has 3 aromatic rings. The normalized spacial score (nSPS) is 27.7. The standard InChI is InChI=1S/C40H43NO9/c1-26-17-18-32-39(4,49-32)23-31(47-37(44)29-16-11-21-41-24-29)34-30(38(2,3)50-45)19-20-40(34,25-46-35(42)27-12-7-5-8-13-27)33(22-26)48-36(43)28-14-9-6-10-15-28/h5-16,19,21-22,24,31-34,45H,17-18,20,23,25H2,1-4H3. The maximum atomic E-state index is 13.9. The van der Waals surface area contributed by atoms with E-state index in [0.29, 0.717) is 29.5 Å². The summed E-state index contributed by atoms with van der Waals surface area (Å²) in [6.45, 7) is 7.17. The molecule has 0 bridgehead atoms. The second-order valence-corrected chi connectivity index (χ2v) is 14.2. The quantitative estimate of drug-likeness (QED) is 0.0618. The van der Waals surface area contributed by atoms with Gasteiger partial charge in [0.2, 0.25) is 0 Å². The van der Waals surface area contributed by atoms with Gasteiger partial charge >= 0.3 is 17.9 Å². The first-order valence-corrected chi connectivity index (χ1v) is 16.9. The van der Waals surface area contributed by atoms with Crippen LogP contribution in [0.4, 0.5) is 0 Å². The predicted molar refractivity (Wildman–Crippen MR) is 183 cm³/mol. The molecule has 1 N–H and O–H groups in total. The molecule has 6 atom stereocenters. The van der Waals surface area contributed by atoms with Crippen LogP contribution < -0.4 is 0 Å². The van der Waals surface area contributed by atoms with E-state index >= 15 is 0 Å². The van der Waals surface area contributed by atoms with Crippen molar-refractivity contribution in [2.24, 2.45) is 11.3 Å². The Balaban J connectivity index is 1.51. The van der Waals surface area contributed by atoms with E-state index in [1.807, 2.05) is 38.1 Å². The SMILES string of the molecule is CC1=CC(OC(=O)c2ccccc2)C2(COC(=O)c3ccccc3)CC=C(C(C)(C)OO)C2C(OC(=O)c2cccnc2)CC2(C)OC2CC1. The van der Waals surface area contributed by atoms with Gasteiger partial charge in [-0.2, -0.15) is 0 Å². The number of aromatic nitrogens is 1. The lowest BCUT2D eigenvalue weighted by Gasteiger charge is -2.46. The highest BCUT2D eigenvalue weighted by Gasteiger charge is 2.62. The number of fused-ring (bicyclic) bond motifs is 2. The lowest BCUT2D eigenvalue weighted by atomic mass is 9.65. The third-order valence-electron chi connectivity index (χ3n) is 10.3. The predicted octanol–water partition coefficient (Wildman–Crippen LogP) is 7.18. The number of carbonyl (C=O) groups is 3. The largest absolute Gasteiger partial charge is 0.461 e. The number of epoxide rings is 1. The molecular weight excluding hydrogens is 638 g/mol. The zero-order chi connectivity index (χ0) is 35.5. The van der Waals surface area contributed by atoms with Crippen LogP contribution in [0.1, 0.15) is 84.5 Å². The first kappa shape index (κ1) is 35.2. The van der Waals surface area contributed by atoms with Crippen LogP contribution >= 0.6 is 0 Å². The van der Waals surface area contributed by atoms with Crippen LogP contribution in [0.25, 0.3) is 0 Å². The lowest BCUT2D eigenvalue weighted by Crippen LogP contribution is -2.53. The van der Waals surface area contributed by atoms with Gasteiger partial charge in [-0.05, 0) is 95.0 Å². The third kappa shape index (κ3) is 7.28. The van der Waals surface area contributed by atoms with Crippen molar-refractivity contribution in [3.63, 3.8) is 0 Å². The maximum absolute atomic E-state index is 13.9. The number of ether oxygens (including phenoxy) is 4. The van der Waals surface area contributed by atoms with Crippen LogP contribution in [0.5, 0.6) is 0 Å². The van der Waals surface area contributed by atoms with E-state index < -0.39 is 52.7 Å². The van der Waals surface area contributed by atoms with E-state index in [1.165, 1.54) is 6.20 Å². The van der Waals surface area contributed by atoms with E-state index in [1.54, 1.807) is 80.7 Å². The molecule has 1 aliphatic heterocycles. The summed E-state index contributed by atoms with van der Waals surface area (Å²) in [5.41, 5.74) is -0.597. The number of nitrogens with zero attached hydrogens (tertiary/aromatic N) is 1. The second kappa shape index (κ2) is 14.3. The van der Waals surface area contributed by atoms with Gasteiger partial charge in [0.1, 0.15) is 24.4 Å². The Bertz CT molecular complexity index is 1760. The summed E-state index contributed by atoms with van der Waals surface area (Å²) in [6.07, 6.45) is 6.74. The number of rotatable bonds is 9. The molecule has 10 heteroatoms. The van der Waals surface area contributed by atoms with E-state index in [4.69, 9.17) is 23.8 Å². The number of allylic oxidation sites excluding steroid dienone is 2. The summed E-state index contributed by atoms with van der Waals surface area (Å²) in [5.74, 6) is -2.51. The number of hydrogen-bond acceptors (Lipinski definition) is 10. The molecule has 50 heavy (non-hydrogen) atoms. The van der Waals surface area contributed by atoms with E-state index in [0.717, 1.165) is 5.57 Å². The Morgan fingerprint density at radius 1 is 0.920 bits per heavy atom. The summed E-state index contributed by atoms with van der Waals surface area (Å²) < 4.78 is 25.3. The van der Waals surface area contributed by atoms with Crippen LogP contribution in [0.3, 0.4) is 0 Å². The van der Waals surface area contributed by atoms with Crippen LogP contribution in [0, 0.1) is 11.3 Å². The van der Waals surface area contributed by atoms with Gasteiger partial charge in [-0.1, -0.05) is 48.0 Å². The van der Waals surface area contributed by atoms with Gasteiger partial charge in [-0.25, -0.2) is 19.3 Å². The van der Waals surface area contributed by atoms with Gasteiger partial charge in [0.25, 0.3) is 0 Å². The molecule has 1 fully saturated rings. The Hall–Kier alpha value is -4.64. The fourth-order valence-corrected chi connectivity index (χ4v) is 7.41.